The molecule has 109 heavy (non-hydrogen) atoms. The van der Waals surface area contributed by atoms with Gasteiger partial charge in [-0.25, -0.2) is 4.39 Å². The second-order valence-corrected chi connectivity index (χ2v) is 25.5. The first kappa shape index (κ1) is 94.5. The van der Waals surface area contributed by atoms with Crippen LogP contribution in [-0.2, 0) is 173 Å². The Bertz CT molecular complexity index is 5140. The van der Waals surface area contributed by atoms with Crippen molar-refractivity contribution in [3.05, 3.63) is 292 Å². The molecule has 0 spiro atoms. The molecule has 5 aromatic heterocycles. The summed E-state index contributed by atoms with van der Waals surface area (Å²) < 4.78 is 106. The van der Waals surface area contributed by atoms with Gasteiger partial charge in [0.25, 0.3) is 0 Å². The smallest absolute Gasteiger partial charge is 0.410 e. The predicted octanol–water partition coefficient (Wildman–Crippen LogP) is 20.4. The Kier molecular flexibility index (Phi) is 40.6. The molecule has 0 aliphatic rings. The Hall–Kier alpha value is -6.84. The Balaban J connectivity index is 0.000000285. The number of aromatic nitrogens is 5. The Labute approximate surface area is 708 Å². The van der Waals surface area contributed by atoms with Crippen LogP contribution in [0.15, 0.2) is 194 Å². The first-order valence-corrected chi connectivity index (χ1v) is 37.0. The van der Waals surface area contributed by atoms with Gasteiger partial charge in [-0.3, -0.25) is 32.6 Å². The van der Waals surface area contributed by atoms with E-state index < -0.39 is 27.7 Å². The van der Waals surface area contributed by atoms with E-state index in [1.54, 1.807) is 31.2 Å². The molecule has 0 saturated carbocycles. The molecule has 573 valence electrons. The average Bonchev–Trinajstić information content (AvgIpc) is 0.795. The quantitative estimate of drug-likeness (QED) is 0.0274. The zero-order valence-corrected chi connectivity index (χ0v) is 75.6. The van der Waals surface area contributed by atoms with Crippen molar-refractivity contribution in [2.24, 2.45) is 5.73 Å². The molecule has 8 aromatic carbocycles. The fourth-order valence-electron chi connectivity index (χ4n) is 11.2. The van der Waals surface area contributed by atoms with Crippen molar-refractivity contribution in [2.75, 3.05) is 19.0 Å². The number of halogens is 6. The summed E-state index contributed by atoms with van der Waals surface area (Å²) in [5, 5.41) is 5.68. The van der Waals surface area contributed by atoms with Gasteiger partial charge in [0.05, 0.1) is 25.9 Å². The van der Waals surface area contributed by atoms with E-state index in [0.717, 1.165) is 121 Å². The van der Waals surface area contributed by atoms with Crippen LogP contribution in [0.3, 0.4) is 0 Å². The first-order chi connectivity index (χ1) is 50.3. The third-order valence-corrected chi connectivity index (χ3v) is 17.9. The van der Waals surface area contributed by atoms with Gasteiger partial charge in [-0.2, -0.15) is 13.2 Å². The fourth-order valence-corrected chi connectivity index (χ4v) is 12.1. The minimum atomic E-state index is -4.44. The normalized spacial score (nSPS) is 10.7. The number of rotatable bonds is 19. The molecule has 0 amide bonds. The summed E-state index contributed by atoms with van der Waals surface area (Å²) in [6.07, 6.45) is 0.264. The van der Waals surface area contributed by atoms with Crippen LogP contribution in [0.1, 0.15) is 90.8 Å². The molecule has 7 radical (unpaired) electrons. The molecule has 0 fully saturated rings. The van der Waals surface area contributed by atoms with Gasteiger partial charge in [0.15, 0.2) is 28.6 Å². The van der Waals surface area contributed by atoms with Gasteiger partial charge in [-0.15, -0.1) is 159 Å². The average molecular weight is 2410 g/mol. The standard InChI is InChI=1S/C18H14BFN.C18H14FNOP.C18H17N2.C16H18N2OP.C14H12F4NOSi.5Ir/c1-2-12-9-14(7-8-17(12)20)18-16-6-4-3-5-13(16)10-15(11-19)21-18;1-2-12-6-5-7-13(10-12)18-15-9-4-3-8-14(15)17(19)16(20-18)11-22-21;1-2-13-6-5-8-15(10-13)18-17-9-4-3-7-14(17)11-16(12-19)20-18;1-4-12-6-5-7-13(8-12)16-10-15(18(2)3)9-14(17-16)11-20-19;1-2-9-6-10(8-11(7-9)14(15,16)17)12-4-3-5-13(19-12)20-21-18;;;;;/h3-8,10H,2,11H2,1H3;3-9H,2,11H2,1H3;3-9,11H,2,12,19H2,1H3;5-7,9-10H,4,11H2,1-3H3;3-5,7-8H,2,21H2,1H3;;;;;/q5*-1;;;;;. The summed E-state index contributed by atoms with van der Waals surface area (Å²) in [7, 11) is 7.49. The van der Waals surface area contributed by atoms with E-state index in [1.165, 1.54) is 34.7 Å². The Morgan fingerprint density at radius 3 is 1.50 bits per heavy atom. The maximum atomic E-state index is 14.5. The van der Waals surface area contributed by atoms with Gasteiger partial charge in [-0.05, 0) is 124 Å². The SMILES string of the molecule is CCc1[c-]c(-c2cc(N(C)C)cc(CP=O)n2)ccc1.CCc1[c-]c(-c2cccc(O[SiH2]F)n2)cc(C(F)(F)F)c1.CCc1[c-]c(-c2nc(CN)cc3ccccc23)ccc1.CCc1[c-]c(-c2nc(CP=O)c(F)c3ccccc23)ccc1.[B]Cc1cc2ccccc2c(-c2[c-]c(CC)c(F)cc2)n1.[Ir].[Ir].[Ir].[Ir].[Ir]. The second-order valence-electron chi connectivity index (χ2n) is 23.9. The summed E-state index contributed by atoms with van der Waals surface area (Å²) in [4.78, 5) is 24.4. The minimum Gasteiger partial charge on any atom is -0.508 e. The predicted molar refractivity (Wildman–Crippen MR) is 411 cm³/mol. The van der Waals surface area contributed by atoms with E-state index in [9.17, 15) is 35.2 Å². The van der Waals surface area contributed by atoms with E-state index >= 15 is 0 Å². The molecular formula is C84H75BF6Ir5N7O3P2Si-5. The monoisotopic (exact) mass is 2410 g/mol. The molecule has 13 rings (SSSR count). The van der Waals surface area contributed by atoms with Crippen LogP contribution >= 0.6 is 16.9 Å². The number of hydrogen-bond acceptors (Lipinski definition) is 10. The molecule has 13 aromatic rings. The van der Waals surface area contributed by atoms with Crippen molar-refractivity contribution < 1.29 is 140 Å². The van der Waals surface area contributed by atoms with Gasteiger partial charge in [0.2, 0.25) is 0 Å². The second kappa shape index (κ2) is 46.9. The van der Waals surface area contributed by atoms with E-state index in [-0.39, 0.29) is 152 Å². The van der Waals surface area contributed by atoms with Gasteiger partial charge in [-0.1, -0.05) is 131 Å². The third kappa shape index (κ3) is 25.8. The van der Waals surface area contributed by atoms with E-state index in [1.807, 2.05) is 123 Å². The number of benzene rings is 8. The Morgan fingerprint density at radius 2 is 0.972 bits per heavy atom. The maximum Gasteiger partial charge on any atom is 0.410 e. The number of aryl methyl sites for hydroxylation is 5. The van der Waals surface area contributed by atoms with Crippen LogP contribution < -0.4 is 15.1 Å². The topological polar surface area (TPSA) is 137 Å². The van der Waals surface area contributed by atoms with Crippen molar-refractivity contribution in [2.45, 2.75) is 98.1 Å². The minimum absolute atomic E-state index is 0. The summed E-state index contributed by atoms with van der Waals surface area (Å²) in [6, 6.07) is 75.8. The van der Waals surface area contributed by atoms with Crippen LogP contribution in [0.25, 0.3) is 88.6 Å². The molecule has 10 nitrogen and oxygen atoms in total. The van der Waals surface area contributed by atoms with E-state index in [4.69, 9.17) is 23.0 Å². The van der Waals surface area contributed by atoms with Crippen molar-refractivity contribution in [3.8, 4) is 62.2 Å². The summed E-state index contributed by atoms with van der Waals surface area (Å²) >= 11 is 0. The van der Waals surface area contributed by atoms with E-state index in [0.29, 0.717) is 54.1 Å². The third-order valence-electron chi connectivity index (χ3n) is 16.7. The number of pyridine rings is 5. The molecule has 0 unspecified atom stereocenters. The van der Waals surface area contributed by atoms with Crippen LogP contribution in [0.2, 0.25) is 0 Å². The molecule has 0 aliphatic carbocycles. The van der Waals surface area contributed by atoms with Gasteiger partial charge in [0, 0.05) is 155 Å². The van der Waals surface area contributed by atoms with Gasteiger partial charge >= 0.3 is 16.3 Å². The van der Waals surface area contributed by atoms with Crippen molar-refractivity contribution in [1.29, 1.82) is 0 Å². The molecule has 0 atom stereocenters. The number of nitrogens with two attached hydrogens (primary N) is 1. The van der Waals surface area contributed by atoms with Crippen LogP contribution in [-0.4, -0.2) is 57.0 Å². The number of alkyl halides is 3. The summed E-state index contributed by atoms with van der Waals surface area (Å²) in [5.41, 5.74) is 20.8. The molecule has 25 heteroatoms. The summed E-state index contributed by atoms with van der Waals surface area (Å²) in [6.45, 7) is 10.4. The fraction of sp³-hybridized carbons (Fsp3) is 0.202. The number of fused-ring (bicyclic) bond motifs is 3. The molecule has 2 N–H and O–H groups in total. The summed E-state index contributed by atoms with van der Waals surface area (Å²) in [5.74, 6) is -0.541. The zero-order valence-electron chi connectivity index (χ0n) is 60.4. The van der Waals surface area contributed by atoms with Crippen LogP contribution in [0.5, 0.6) is 5.88 Å². The molecular weight excluding hydrogens is 2330 g/mol. The largest absolute Gasteiger partial charge is 0.508 e. The van der Waals surface area contributed by atoms with Crippen molar-refractivity contribution >= 4 is 72.9 Å². The first-order valence-electron chi connectivity index (χ1n) is 33.9. The number of nitrogens with zero attached hydrogens (tertiary/aromatic N) is 6. The van der Waals surface area contributed by atoms with Gasteiger partial charge in [0.1, 0.15) is 0 Å². The van der Waals surface area contributed by atoms with Gasteiger partial charge < -0.3 is 25.0 Å². The molecule has 0 aliphatic heterocycles. The molecule has 5 heterocycles. The maximum absolute atomic E-state index is 14.5. The van der Waals surface area contributed by atoms with Crippen molar-refractivity contribution in [3.63, 3.8) is 0 Å². The Morgan fingerprint density at radius 1 is 0.477 bits per heavy atom. The zero-order chi connectivity index (χ0) is 74.3. The van der Waals surface area contributed by atoms with E-state index in [2.05, 4.69) is 114 Å². The number of hydrogen-bond donors (Lipinski definition) is 1. The van der Waals surface area contributed by atoms with Crippen LogP contribution in [0, 0.1) is 42.0 Å². The molecule has 0 bridgehead atoms. The van der Waals surface area contributed by atoms with Crippen molar-refractivity contribution in [1.82, 2.24) is 24.9 Å². The van der Waals surface area contributed by atoms with Crippen LogP contribution in [0.4, 0.5) is 31.7 Å². The number of anilines is 1. The molecule has 0 saturated heterocycles.